The molecule has 32 heavy (non-hydrogen) atoms. The van der Waals surface area contributed by atoms with E-state index in [0.717, 1.165) is 0 Å². The monoisotopic (exact) mass is 432 g/mol. The van der Waals surface area contributed by atoms with Crippen LogP contribution >= 0.6 is 0 Å². The van der Waals surface area contributed by atoms with Crippen LogP contribution in [0.4, 0.5) is 0 Å². The second-order valence-electron chi connectivity index (χ2n) is 7.47. The van der Waals surface area contributed by atoms with Gasteiger partial charge in [-0.2, -0.15) is 0 Å². The molecule has 4 rings (SSSR count). The number of nitrogens with two attached hydrogens (primary N) is 1. The first-order valence-corrected chi connectivity index (χ1v) is 9.74. The SMILES string of the molecule is CCNC(=O)C1C(=O)c2ccc(C(=O)c3ccc4c(c3)C(=O)C(C(N)=O)C4=O)cc2C1=O. The summed E-state index contributed by atoms with van der Waals surface area (Å²) in [6, 6.07) is 7.71. The summed E-state index contributed by atoms with van der Waals surface area (Å²) in [4.78, 5) is 86.3. The summed E-state index contributed by atoms with van der Waals surface area (Å²) in [5.41, 5.74) is 5.21. The molecule has 0 heterocycles. The van der Waals surface area contributed by atoms with Crippen molar-refractivity contribution in [3.63, 3.8) is 0 Å². The van der Waals surface area contributed by atoms with E-state index in [1.54, 1.807) is 6.92 Å². The average molecular weight is 432 g/mol. The number of ketones is 5. The summed E-state index contributed by atoms with van der Waals surface area (Å²) in [5.74, 6) is -8.22. The Morgan fingerprint density at radius 2 is 1.19 bits per heavy atom. The van der Waals surface area contributed by atoms with Gasteiger partial charge in [0.1, 0.15) is 0 Å². The third-order valence-electron chi connectivity index (χ3n) is 5.57. The molecule has 0 bridgehead atoms. The van der Waals surface area contributed by atoms with Crippen LogP contribution in [-0.2, 0) is 9.59 Å². The first kappa shape index (κ1) is 21.0. The largest absolute Gasteiger partial charge is 0.369 e. The maximum absolute atomic E-state index is 13.0. The van der Waals surface area contributed by atoms with Crippen LogP contribution in [0.5, 0.6) is 0 Å². The predicted molar refractivity (Wildman–Crippen MR) is 108 cm³/mol. The number of fused-ring (bicyclic) bond motifs is 2. The van der Waals surface area contributed by atoms with Crippen molar-refractivity contribution in [1.82, 2.24) is 5.32 Å². The number of carbonyl (C=O) groups is 7. The van der Waals surface area contributed by atoms with Crippen LogP contribution in [0.1, 0.15) is 64.3 Å². The summed E-state index contributed by atoms with van der Waals surface area (Å²) in [6.07, 6.45) is 0. The number of hydrogen-bond acceptors (Lipinski definition) is 7. The average Bonchev–Trinajstić information content (AvgIpc) is 3.17. The minimum atomic E-state index is -1.61. The van der Waals surface area contributed by atoms with Crippen LogP contribution in [-0.4, -0.2) is 47.3 Å². The molecule has 0 spiro atoms. The molecule has 160 valence electrons. The first-order chi connectivity index (χ1) is 15.2. The first-order valence-electron chi connectivity index (χ1n) is 9.74. The topological polar surface area (TPSA) is 158 Å². The molecule has 0 aromatic heterocycles. The van der Waals surface area contributed by atoms with Crippen molar-refractivity contribution in [3.8, 4) is 0 Å². The van der Waals surface area contributed by atoms with E-state index in [1.807, 2.05) is 0 Å². The Hall–Kier alpha value is -4.27. The Kier molecular flexibility index (Phi) is 4.89. The Morgan fingerprint density at radius 3 is 1.66 bits per heavy atom. The third-order valence-corrected chi connectivity index (χ3v) is 5.57. The molecular formula is C23H16N2O7. The van der Waals surface area contributed by atoms with E-state index in [2.05, 4.69) is 5.32 Å². The summed E-state index contributed by atoms with van der Waals surface area (Å²) in [5, 5.41) is 2.45. The molecule has 2 unspecified atom stereocenters. The lowest BCUT2D eigenvalue weighted by Crippen LogP contribution is -2.36. The van der Waals surface area contributed by atoms with Gasteiger partial charge < -0.3 is 11.1 Å². The molecule has 0 radical (unpaired) electrons. The van der Waals surface area contributed by atoms with Crippen molar-refractivity contribution >= 4 is 40.7 Å². The van der Waals surface area contributed by atoms with Crippen LogP contribution in [0.3, 0.4) is 0 Å². The maximum Gasteiger partial charge on any atom is 0.238 e. The van der Waals surface area contributed by atoms with Crippen molar-refractivity contribution in [1.29, 1.82) is 0 Å². The van der Waals surface area contributed by atoms with E-state index in [-0.39, 0.29) is 39.9 Å². The van der Waals surface area contributed by atoms with Gasteiger partial charge in [0.05, 0.1) is 0 Å². The minimum Gasteiger partial charge on any atom is -0.369 e. The maximum atomic E-state index is 13.0. The molecule has 2 aromatic carbocycles. The quantitative estimate of drug-likeness (QED) is 0.515. The Morgan fingerprint density at radius 1 is 0.750 bits per heavy atom. The van der Waals surface area contributed by atoms with Crippen molar-refractivity contribution in [2.24, 2.45) is 17.6 Å². The lowest BCUT2D eigenvalue weighted by Gasteiger charge is -2.06. The molecule has 0 saturated carbocycles. The number of hydrogen-bond donors (Lipinski definition) is 2. The van der Waals surface area contributed by atoms with Gasteiger partial charge in [-0.3, -0.25) is 33.6 Å². The fourth-order valence-electron chi connectivity index (χ4n) is 4.01. The fourth-order valence-corrected chi connectivity index (χ4v) is 4.01. The van der Waals surface area contributed by atoms with E-state index in [1.165, 1.54) is 36.4 Å². The highest BCUT2D eigenvalue weighted by Crippen LogP contribution is 2.31. The molecule has 2 aromatic rings. The number of carbonyl (C=O) groups excluding carboxylic acids is 7. The van der Waals surface area contributed by atoms with Gasteiger partial charge >= 0.3 is 0 Å². The molecule has 2 amide bonds. The summed E-state index contributed by atoms with van der Waals surface area (Å²) in [7, 11) is 0. The number of nitrogens with one attached hydrogen (secondary N) is 1. The third kappa shape index (κ3) is 2.97. The van der Waals surface area contributed by atoms with E-state index in [4.69, 9.17) is 5.73 Å². The van der Waals surface area contributed by atoms with Gasteiger partial charge in [0.15, 0.2) is 40.8 Å². The molecule has 2 aliphatic carbocycles. The molecule has 9 heteroatoms. The van der Waals surface area contributed by atoms with Gasteiger partial charge in [-0.05, 0) is 31.2 Å². The second-order valence-corrected chi connectivity index (χ2v) is 7.47. The van der Waals surface area contributed by atoms with Crippen LogP contribution in [0.15, 0.2) is 36.4 Å². The smallest absolute Gasteiger partial charge is 0.238 e. The van der Waals surface area contributed by atoms with Crippen LogP contribution in [0, 0.1) is 11.8 Å². The molecular weight excluding hydrogens is 416 g/mol. The van der Waals surface area contributed by atoms with Gasteiger partial charge in [0.2, 0.25) is 11.8 Å². The van der Waals surface area contributed by atoms with E-state index in [9.17, 15) is 33.6 Å². The molecule has 2 aliphatic rings. The van der Waals surface area contributed by atoms with Crippen molar-refractivity contribution in [3.05, 3.63) is 69.8 Å². The molecule has 9 nitrogen and oxygen atoms in total. The Balaban J connectivity index is 1.68. The minimum absolute atomic E-state index is 0.00913. The van der Waals surface area contributed by atoms with Crippen molar-refractivity contribution in [2.45, 2.75) is 6.92 Å². The van der Waals surface area contributed by atoms with Gasteiger partial charge in [-0.25, -0.2) is 0 Å². The van der Waals surface area contributed by atoms with Crippen LogP contribution in [0.2, 0.25) is 0 Å². The van der Waals surface area contributed by atoms with Gasteiger partial charge in [-0.1, -0.05) is 12.1 Å². The van der Waals surface area contributed by atoms with Gasteiger partial charge in [-0.15, -0.1) is 0 Å². The Bertz CT molecular complexity index is 1290. The summed E-state index contributed by atoms with van der Waals surface area (Å²) in [6.45, 7) is 1.92. The summed E-state index contributed by atoms with van der Waals surface area (Å²) < 4.78 is 0. The molecule has 0 aliphatic heterocycles. The standard InChI is InChI=1S/C23H16N2O7/c1-2-25-23(32)16-19(28)12-6-4-10(8-14(12)21(16)30)17(26)9-3-5-11-13(7-9)20(29)15(18(11)27)22(24)31/h3-8,15-16H,2H2,1H3,(H2,24,31)(H,25,32). The van der Waals surface area contributed by atoms with Gasteiger partial charge in [0, 0.05) is 39.9 Å². The summed E-state index contributed by atoms with van der Waals surface area (Å²) >= 11 is 0. The zero-order valence-electron chi connectivity index (χ0n) is 16.8. The lowest BCUT2D eigenvalue weighted by atomic mass is 9.96. The normalized spacial score (nSPS) is 19.0. The number of rotatable bonds is 5. The number of primary amides is 1. The van der Waals surface area contributed by atoms with Crippen molar-refractivity contribution in [2.75, 3.05) is 6.54 Å². The van der Waals surface area contributed by atoms with Crippen LogP contribution in [0.25, 0.3) is 0 Å². The lowest BCUT2D eigenvalue weighted by molar-refractivity contribution is -0.122. The fraction of sp³-hybridized carbons (Fsp3) is 0.174. The number of benzene rings is 2. The Labute approximate surface area is 181 Å². The molecule has 2 atom stereocenters. The highest BCUT2D eigenvalue weighted by atomic mass is 16.2. The van der Waals surface area contributed by atoms with E-state index in [0.29, 0.717) is 0 Å². The van der Waals surface area contributed by atoms with E-state index >= 15 is 0 Å². The zero-order valence-corrected chi connectivity index (χ0v) is 16.8. The second kappa shape index (κ2) is 7.45. The molecule has 0 fully saturated rings. The highest BCUT2D eigenvalue weighted by molar-refractivity contribution is 6.36. The number of Topliss-reactive ketones (excluding diaryl/α,β-unsaturated/α-hetero) is 4. The predicted octanol–water partition coefficient (Wildman–Crippen LogP) is 0.529. The number of amides is 2. The van der Waals surface area contributed by atoms with E-state index < -0.39 is 52.6 Å². The van der Waals surface area contributed by atoms with Crippen molar-refractivity contribution < 1.29 is 33.6 Å². The van der Waals surface area contributed by atoms with Gasteiger partial charge in [0.25, 0.3) is 0 Å². The highest BCUT2D eigenvalue weighted by Gasteiger charge is 2.44. The zero-order chi connectivity index (χ0) is 23.3. The molecule has 0 saturated heterocycles. The van der Waals surface area contributed by atoms with Crippen LogP contribution < -0.4 is 11.1 Å². The molecule has 3 N–H and O–H groups in total.